The minimum absolute atomic E-state index is 0.188. The number of hydrogen-bond acceptors (Lipinski definition) is 8. The average molecular weight is 480 g/mol. The lowest BCUT2D eigenvalue weighted by Gasteiger charge is -2.29. The second-order valence-electron chi connectivity index (χ2n) is 8.25. The van der Waals surface area contributed by atoms with Crippen LogP contribution in [0.25, 0.3) is 5.69 Å². The van der Waals surface area contributed by atoms with Gasteiger partial charge in [-0.3, -0.25) is 24.5 Å². The summed E-state index contributed by atoms with van der Waals surface area (Å²) in [4.78, 5) is 56.8. The number of nitrogens with zero attached hydrogens (tertiary/aromatic N) is 6. The van der Waals surface area contributed by atoms with Crippen LogP contribution in [0.4, 0.5) is 0 Å². The minimum atomic E-state index is -0.674. The van der Waals surface area contributed by atoms with Crippen molar-refractivity contribution in [3.05, 3.63) is 57.8 Å². The van der Waals surface area contributed by atoms with Gasteiger partial charge in [0.15, 0.2) is 5.69 Å². The second kappa shape index (κ2) is 8.45. The van der Waals surface area contributed by atoms with E-state index in [1.807, 2.05) is 12.3 Å². The number of nitrogens with one attached hydrogen (secondary N) is 1. The van der Waals surface area contributed by atoms with Gasteiger partial charge >= 0.3 is 0 Å². The molecule has 1 aromatic carbocycles. The number of hydrogen-bond donors (Lipinski definition) is 1. The molecule has 0 saturated carbocycles. The third kappa shape index (κ3) is 3.75. The fourth-order valence-corrected chi connectivity index (χ4v) is 4.89. The van der Waals surface area contributed by atoms with Crippen LogP contribution in [-0.2, 0) is 16.1 Å². The van der Waals surface area contributed by atoms with Crippen molar-refractivity contribution in [1.29, 1.82) is 0 Å². The first-order valence-electron chi connectivity index (χ1n) is 10.7. The highest BCUT2D eigenvalue weighted by Gasteiger charge is 2.39. The molecule has 11 nitrogen and oxygen atoms in total. The summed E-state index contributed by atoms with van der Waals surface area (Å²) in [5, 5.41) is 13.1. The van der Waals surface area contributed by atoms with Crippen LogP contribution in [0.3, 0.4) is 0 Å². The van der Waals surface area contributed by atoms with Gasteiger partial charge in [0.05, 0.1) is 17.9 Å². The van der Waals surface area contributed by atoms with E-state index in [1.165, 1.54) is 20.9 Å². The van der Waals surface area contributed by atoms with E-state index < -0.39 is 11.9 Å². The van der Waals surface area contributed by atoms with Gasteiger partial charge < -0.3 is 9.80 Å². The maximum absolute atomic E-state index is 12.9. The zero-order valence-electron chi connectivity index (χ0n) is 18.5. The Morgan fingerprint density at radius 1 is 1.29 bits per heavy atom. The van der Waals surface area contributed by atoms with Crippen molar-refractivity contribution in [2.45, 2.75) is 38.4 Å². The summed E-state index contributed by atoms with van der Waals surface area (Å²) in [5.74, 6) is -1.30. The van der Waals surface area contributed by atoms with Gasteiger partial charge in [0.1, 0.15) is 11.0 Å². The van der Waals surface area contributed by atoms with E-state index >= 15 is 0 Å². The Morgan fingerprint density at radius 2 is 2.12 bits per heavy atom. The number of aromatic nitrogens is 4. The Kier molecular flexibility index (Phi) is 5.44. The first-order chi connectivity index (χ1) is 16.3. The monoisotopic (exact) mass is 479 g/mol. The van der Waals surface area contributed by atoms with E-state index in [0.717, 1.165) is 10.6 Å². The number of amides is 4. The van der Waals surface area contributed by atoms with Gasteiger partial charge in [-0.1, -0.05) is 5.21 Å². The Labute approximate surface area is 198 Å². The molecule has 1 saturated heterocycles. The number of carbonyl (C=O) groups is 4. The molecular weight excluding hydrogens is 458 g/mol. The highest BCUT2D eigenvalue weighted by molar-refractivity contribution is 7.09. The Hall–Kier alpha value is -3.93. The Morgan fingerprint density at radius 3 is 2.85 bits per heavy atom. The molecule has 0 radical (unpaired) electrons. The SMILES string of the molecule is CC(c1nccs1)N(C)C(=O)c1cn(-c2ccc3c(c2)CN(C2CCC(=O)NC2=O)C3=O)nn1. The van der Waals surface area contributed by atoms with Gasteiger partial charge in [-0.05, 0) is 37.1 Å². The van der Waals surface area contributed by atoms with Gasteiger partial charge in [-0.2, -0.15) is 0 Å². The van der Waals surface area contributed by atoms with Crippen LogP contribution in [0.5, 0.6) is 0 Å². The van der Waals surface area contributed by atoms with Crippen LogP contribution in [0.15, 0.2) is 36.0 Å². The lowest BCUT2D eigenvalue weighted by atomic mass is 10.0. The fourth-order valence-electron chi connectivity index (χ4n) is 4.15. The standard InChI is InChI=1S/C22H21N7O4S/c1-12(20-23-7-8-34-20)27(2)22(33)16-11-29(26-25-16)14-3-4-15-13(9-14)10-28(21(15)32)17-5-6-18(30)24-19(17)31/h3-4,7-9,11-12,17H,5-6,10H2,1-2H3,(H,24,30,31). The van der Waals surface area contributed by atoms with E-state index in [4.69, 9.17) is 0 Å². The van der Waals surface area contributed by atoms with Crippen LogP contribution in [0.1, 0.15) is 57.2 Å². The highest BCUT2D eigenvalue weighted by atomic mass is 32.1. The van der Waals surface area contributed by atoms with Crippen molar-refractivity contribution in [2.75, 3.05) is 7.05 Å². The Bertz CT molecular complexity index is 1300. The predicted molar refractivity (Wildman–Crippen MR) is 120 cm³/mol. The minimum Gasteiger partial charge on any atom is -0.331 e. The van der Waals surface area contributed by atoms with E-state index in [2.05, 4.69) is 20.6 Å². The number of rotatable bonds is 5. The second-order valence-corrected chi connectivity index (χ2v) is 9.18. The molecule has 2 aliphatic heterocycles. The lowest BCUT2D eigenvalue weighted by molar-refractivity contribution is -0.136. The summed E-state index contributed by atoms with van der Waals surface area (Å²) in [6.07, 6.45) is 3.75. The summed E-state index contributed by atoms with van der Waals surface area (Å²) >= 11 is 1.48. The maximum atomic E-state index is 12.9. The molecule has 12 heteroatoms. The third-order valence-electron chi connectivity index (χ3n) is 6.19. The summed E-state index contributed by atoms with van der Waals surface area (Å²) in [6.45, 7) is 2.15. The number of thiazole rings is 1. The van der Waals surface area contributed by atoms with Gasteiger partial charge in [-0.15, -0.1) is 16.4 Å². The molecule has 1 fully saturated rings. The summed E-state index contributed by atoms with van der Waals surface area (Å²) in [6, 6.07) is 4.31. The van der Waals surface area contributed by atoms with Crippen molar-refractivity contribution in [1.82, 2.24) is 35.1 Å². The average Bonchev–Trinajstić information content (AvgIpc) is 3.58. The zero-order valence-corrected chi connectivity index (χ0v) is 19.3. The van der Waals surface area contributed by atoms with Gasteiger partial charge in [0.25, 0.3) is 11.8 Å². The summed E-state index contributed by atoms with van der Waals surface area (Å²) < 4.78 is 1.48. The third-order valence-corrected chi connectivity index (χ3v) is 7.14. The van der Waals surface area contributed by atoms with E-state index in [1.54, 1.807) is 42.5 Å². The van der Waals surface area contributed by atoms with Crippen LogP contribution in [0.2, 0.25) is 0 Å². The first-order valence-corrected chi connectivity index (χ1v) is 11.6. The van der Waals surface area contributed by atoms with Crippen LogP contribution >= 0.6 is 11.3 Å². The molecule has 4 heterocycles. The van der Waals surface area contributed by atoms with E-state index in [0.29, 0.717) is 17.7 Å². The molecule has 3 aromatic rings. The largest absolute Gasteiger partial charge is 0.331 e. The van der Waals surface area contributed by atoms with Crippen molar-refractivity contribution < 1.29 is 19.2 Å². The molecule has 4 amide bonds. The molecule has 34 heavy (non-hydrogen) atoms. The van der Waals surface area contributed by atoms with Gasteiger partial charge in [0, 0.05) is 37.2 Å². The predicted octanol–water partition coefficient (Wildman–Crippen LogP) is 1.32. The zero-order chi connectivity index (χ0) is 24.0. The van der Waals surface area contributed by atoms with Crippen molar-refractivity contribution in [3.63, 3.8) is 0 Å². The van der Waals surface area contributed by atoms with Crippen LogP contribution in [0, 0.1) is 0 Å². The molecule has 5 rings (SSSR count). The number of benzene rings is 1. The normalized spacial score (nSPS) is 18.6. The quantitative estimate of drug-likeness (QED) is 0.546. The molecular formula is C22H21N7O4S. The summed E-state index contributed by atoms with van der Waals surface area (Å²) in [7, 11) is 1.69. The fraction of sp³-hybridized carbons (Fsp3) is 0.318. The molecule has 2 unspecified atom stereocenters. The summed E-state index contributed by atoms with van der Waals surface area (Å²) in [5.41, 5.74) is 2.07. The molecule has 2 aromatic heterocycles. The molecule has 0 aliphatic carbocycles. The maximum Gasteiger partial charge on any atom is 0.276 e. The van der Waals surface area contributed by atoms with Crippen LogP contribution in [-0.4, -0.2) is 66.5 Å². The molecule has 0 bridgehead atoms. The molecule has 2 aliphatic rings. The van der Waals surface area contributed by atoms with E-state index in [9.17, 15) is 19.2 Å². The number of imide groups is 1. The lowest BCUT2D eigenvalue weighted by Crippen LogP contribution is -2.52. The number of carbonyl (C=O) groups excluding carboxylic acids is 4. The first kappa shape index (κ1) is 21.9. The van der Waals surface area contributed by atoms with Gasteiger partial charge in [-0.25, -0.2) is 9.67 Å². The number of piperidine rings is 1. The molecule has 174 valence electrons. The number of fused-ring (bicyclic) bond motifs is 1. The topological polar surface area (TPSA) is 130 Å². The molecule has 0 spiro atoms. The van der Waals surface area contributed by atoms with Crippen molar-refractivity contribution >= 4 is 35.0 Å². The van der Waals surface area contributed by atoms with E-state index in [-0.39, 0.29) is 42.4 Å². The van der Waals surface area contributed by atoms with Crippen molar-refractivity contribution in [3.8, 4) is 5.69 Å². The highest BCUT2D eigenvalue weighted by Crippen LogP contribution is 2.29. The van der Waals surface area contributed by atoms with Crippen LogP contribution < -0.4 is 5.32 Å². The Balaban J connectivity index is 1.34. The smallest absolute Gasteiger partial charge is 0.276 e. The molecule has 1 N–H and O–H groups in total. The van der Waals surface area contributed by atoms with Crippen molar-refractivity contribution in [2.24, 2.45) is 0 Å². The molecule has 2 atom stereocenters. The van der Waals surface area contributed by atoms with Gasteiger partial charge in [0.2, 0.25) is 11.8 Å².